The first-order chi connectivity index (χ1) is 15.0. The van der Waals surface area contributed by atoms with Crippen LogP contribution < -0.4 is 10.6 Å². The summed E-state index contributed by atoms with van der Waals surface area (Å²) in [6.07, 6.45) is 3.87. The van der Waals surface area contributed by atoms with Crippen LogP contribution >= 0.6 is 0 Å². The summed E-state index contributed by atoms with van der Waals surface area (Å²) < 4.78 is 0. The minimum Gasteiger partial charge on any atom is -0.346 e. The number of hydrogen-bond donors (Lipinski definition) is 2. The molecule has 31 heavy (non-hydrogen) atoms. The van der Waals surface area contributed by atoms with Crippen molar-refractivity contribution in [1.82, 2.24) is 15.5 Å². The Balaban J connectivity index is 1.44. The highest BCUT2D eigenvalue weighted by atomic mass is 16.2. The molecule has 2 N–H and O–H groups in total. The molecule has 0 unspecified atom stereocenters. The molecule has 5 nitrogen and oxygen atoms in total. The lowest BCUT2D eigenvalue weighted by atomic mass is 9.75. The zero-order chi connectivity index (χ0) is 21.5. The SMILES string of the molecule is Cc1c(C(=O)N[C@H](C)c2ccccc2)ccc2c1[C@@H]1C[C@H]3NCCC[C@H]3C(=O)N1CC2. The normalized spacial score (nSPS) is 25.8. The van der Waals surface area contributed by atoms with Crippen LogP contribution in [0.25, 0.3) is 0 Å². The van der Waals surface area contributed by atoms with Gasteiger partial charge in [-0.15, -0.1) is 0 Å². The minimum absolute atomic E-state index is 0.0513. The fourth-order valence-corrected chi connectivity index (χ4v) is 5.82. The van der Waals surface area contributed by atoms with Crippen LogP contribution in [-0.2, 0) is 11.2 Å². The Kier molecular flexibility index (Phi) is 5.30. The second kappa shape index (κ2) is 8.12. The second-order valence-electron chi connectivity index (χ2n) is 9.26. The molecule has 0 aliphatic carbocycles. The minimum atomic E-state index is -0.0657. The Bertz CT molecular complexity index is 1000. The zero-order valence-corrected chi connectivity index (χ0v) is 18.4. The van der Waals surface area contributed by atoms with E-state index in [0.29, 0.717) is 5.91 Å². The van der Waals surface area contributed by atoms with E-state index in [9.17, 15) is 9.59 Å². The van der Waals surface area contributed by atoms with Crippen LogP contribution in [0.2, 0.25) is 0 Å². The number of carbonyl (C=O) groups is 2. The van der Waals surface area contributed by atoms with Crippen molar-refractivity contribution in [2.24, 2.45) is 5.92 Å². The Hall–Kier alpha value is -2.66. The molecule has 2 amide bonds. The van der Waals surface area contributed by atoms with E-state index in [4.69, 9.17) is 0 Å². The van der Waals surface area contributed by atoms with E-state index in [1.165, 1.54) is 11.1 Å². The number of piperidine rings is 2. The van der Waals surface area contributed by atoms with Crippen molar-refractivity contribution in [2.45, 2.75) is 57.7 Å². The predicted molar refractivity (Wildman–Crippen MR) is 121 cm³/mol. The van der Waals surface area contributed by atoms with Crippen molar-refractivity contribution in [3.05, 3.63) is 70.3 Å². The van der Waals surface area contributed by atoms with E-state index in [1.807, 2.05) is 43.3 Å². The molecular formula is C26H31N3O2. The van der Waals surface area contributed by atoms with Gasteiger partial charge in [0, 0.05) is 18.2 Å². The van der Waals surface area contributed by atoms with Gasteiger partial charge in [-0.1, -0.05) is 36.4 Å². The average molecular weight is 418 g/mol. The van der Waals surface area contributed by atoms with E-state index >= 15 is 0 Å². The molecule has 3 heterocycles. The van der Waals surface area contributed by atoms with Crippen molar-refractivity contribution >= 4 is 11.8 Å². The number of nitrogens with one attached hydrogen (secondary N) is 2. The Morgan fingerprint density at radius 3 is 2.81 bits per heavy atom. The lowest BCUT2D eigenvalue weighted by molar-refractivity contribution is -0.145. The van der Waals surface area contributed by atoms with Crippen molar-refractivity contribution in [3.8, 4) is 0 Å². The van der Waals surface area contributed by atoms with Gasteiger partial charge in [0.15, 0.2) is 0 Å². The van der Waals surface area contributed by atoms with Crippen LogP contribution in [0.5, 0.6) is 0 Å². The first-order valence-corrected chi connectivity index (χ1v) is 11.6. The maximum Gasteiger partial charge on any atom is 0.252 e. The first-order valence-electron chi connectivity index (χ1n) is 11.6. The molecule has 0 aromatic heterocycles. The summed E-state index contributed by atoms with van der Waals surface area (Å²) in [6, 6.07) is 14.3. The van der Waals surface area contributed by atoms with Crippen molar-refractivity contribution < 1.29 is 9.59 Å². The van der Waals surface area contributed by atoms with Gasteiger partial charge >= 0.3 is 0 Å². The monoisotopic (exact) mass is 417 g/mol. The van der Waals surface area contributed by atoms with Crippen LogP contribution in [0.1, 0.15) is 70.9 Å². The molecule has 0 saturated carbocycles. The molecule has 0 bridgehead atoms. The van der Waals surface area contributed by atoms with E-state index in [-0.39, 0.29) is 30.0 Å². The van der Waals surface area contributed by atoms with Crippen LogP contribution in [0.15, 0.2) is 42.5 Å². The standard InChI is InChI=1S/C26H31N3O2/c1-16-20(25(30)28-17(2)18-7-4-3-5-8-18)11-10-19-12-14-29-23(24(16)19)15-22-21(26(29)31)9-6-13-27-22/h3-5,7-8,10-11,17,21-23,27H,6,9,12-15H2,1-2H3,(H,28,30)/t17-,21-,22-,23+/m1/s1. The molecule has 2 aromatic carbocycles. The van der Waals surface area contributed by atoms with Crippen LogP contribution in [0, 0.1) is 12.8 Å². The third kappa shape index (κ3) is 3.55. The van der Waals surface area contributed by atoms with Crippen LogP contribution in [-0.4, -0.2) is 35.8 Å². The molecule has 5 rings (SSSR count). The lowest BCUT2D eigenvalue weighted by Gasteiger charge is -2.49. The summed E-state index contributed by atoms with van der Waals surface area (Å²) >= 11 is 0. The zero-order valence-electron chi connectivity index (χ0n) is 18.4. The average Bonchev–Trinajstić information content (AvgIpc) is 2.79. The largest absolute Gasteiger partial charge is 0.346 e. The maximum absolute atomic E-state index is 13.2. The Morgan fingerprint density at radius 1 is 1.19 bits per heavy atom. The maximum atomic E-state index is 13.2. The molecule has 2 fully saturated rings. The third-order valence-electron chi connectivity index (χ3n) is 7.49. The van der Waals surface area contributed by atoms with E-state index in [2.05, 4.69) is 28.5 Å². The van der Waals surface area contributed by atoms with Gasteiger partial charge in [-0.05, 0) is 74.4 Å². The van der Waals surface area contributed by atoms with Gasteiger partial charge in [-0.25, -0.2) is 0 Å². The summed E-state index contributed by atoms with van der Waals surface area (Å²) in [5.74, 6) is 0.362. The summed E-state index contributed by atoms with van der Waals surface area (Å²) in [7, 11) is 0. The molecule has 2 aromatic rings. The molecule has 3 aliphatic rings. The molecular weight excluding hydrogens is 386 g/mol. The van der Waals surface area contributed by atoms with Crippen molar-refractivity contribution in [3.63, 3.8) is 0 Å². The number of fused-ring (bicyclic) bond motifs is 4. The van der Waals surface area contributed by atoms with Crippen molar-refractivity contribution in [2.75, 3.05) is 13.1 Å². The quantitative estimate of drug-likeness (QED) is 0.801. The second-order valence-corrected chi connectivity index (χ2v) is 9.26. The van der Waals surface area contributed by atoms with Gasteiger partial charge in [-0.3, -0.25) is 9.59 Å². The van der Waals surface area contributed by atoms with Gasteiger partial charge < -0.3 is 15.5 Å². The number of hydrogen-bond acceptors (Lipinski definition) is 3. The van der Waals surface area contributed by atoms with Crippen molar-refractivity contribution in [1.29, 1.82) is 0 Å². The highest BCUT2D eigenvalue weighted by Gasteiger charge is 2.45. The molecule has 3 aliphatic heterocycles. The fourth-order valence-electron chi connectivity index (χ4n) is 5.82. The Labute approximate surface area is 184 Å². The van der Waals surface area contributed by atoms with Gasteiger partial charge in [0.25, 0.3) is 5.91 Å². The number of amides is 2. The third-order valence-corrected chi connectivity index (χ3v) is 7.49. The Morgan fingerprint density at radius 2 is 2.00 bits per heavy atom. The van der Waals surface area contributed by atoms with Crippen LogP contribution in [0.4, 0.5) is 0 Å². The topological polar surface area (TPSA) is 61.4 Å². The molecule has 0 radical (unpaired) electrons. The van der Waals surface area contributed by atoms with Gasteiger partial charge in [-0.2, -0.15) is 0 Å². The first kappa shape index (κ1) is 20.3. The van der Waals surface area contributed by atoms with E-state index in [0.717, 1.165) is 55.5 Å². The predicted octanol–water partition coefficient (Wildman–Crippen LogP) is 3.68. The molecule has 162 valence electrons. The molecule has 2 saturated heterocycles. The summed E-state index contributed by atoms with van der Waals surface area (Å²) in [4.78, 5) is 28.5. The number of rotatable bonds is 3. The van der Waals surface area contributed by atoms with Gasteiger partial charge in [0.05, 0.1) is 18.0 Å². The van der Waals surface area contributed by atoms with Gasteiger partial charge in [0.1, 0.15) is 0 Å². The summed E-state index contributed by atoms with van der Waals surface area (Å²) in [6.45, 7) is 5.84. The summed E-state index contributed by atoms with van der Waals surface area (Å²) in [5, 5.41) is 6.74. The smallest absolute Gasteiger partial charge is 0.252 e. The number of carbonyl (C=O) groups excluding carboxylic acids is 2. The van der Waals surface area contributed by atoms with Gasteiger partial charge in [0.2, 0.25) is 5.91 Å². The highest BCUT2D eigenvalue weighted by molar-refractivity contribution is 5.96. The van der Waals surface area contributed by atoms with E-state index in [1.54, 1.807) is 0 Å². The number of nitrogens with zero attached hydrogens (tertiary/aromatic N) is 1. The fraction of sp³-hybridized carbons (Fsp3) is 0.462. The summed E-state index contributed by atoms with van der Waals surface area (Å²) in [5.41, 5.74) is 5.31. The number of benzene rings is 2. The molecule has 5 heteroatoms. The molecule has 0 spiro atoms. The lowest BCUT2D eigenvalue weighted by Crippen LogP contribution is -2.57. The van der Waals surface area contributed by atoms with Crippen LogP contribution in [0.3, 0.4) is 0 Å². The highest BCUT2D eigenvalue weighted by Crippen LogP contribution is 2.43. The van der Waals surface area contributed by atoms with E-state index < -0.39 is 0 Å². The molecule has 4 atom stereocenters.